The highest BCUT2D eigenvalue weighted by Crippen LogP contribution is 2.38. The number of esters is 1. The SMILES string of the molecule is C=CC[C@H](C)[C@H](OC(=O)OCC(Cl)(Cl)Cl)[C@@H](C)C(=O)C(C)(C)[C@H](CC(=O)OC(C)(C)C)O[Si](CC)(CC)CC. The first-order valence-corrected chi connectivity index (χ1v) is 17.3. The maximum absolute atomic E-state index is 14.1. The van der Waals surface area contributed by atoms with E-state index < -0.39 is 60.0 Å². The van der Waals surface area contributed by atoms with E-state index in [9.17, 15) is 14.4 Å². The molecule has 11 heteroatoms. The number of carbonyl (C=O) groups is 3. The van der Waals surface area contributed by atoms with E-state index >= 15 is 0 Å². The second kappa shape index (κ2) is 16.0. The third kappa shape index (κ3) is 13.1. The Kier molecular flexibility index (Phi) is 15.7. The van der Waals surface area contributed by atoms with Crippen molar-refractivity contribution >= 4 is 61.0 Å². The lowest BCUT2D eigenvalue weighted by Gasteiger charge is -2.42. The van der Waals surface area contributed by atoms with E-state index in [0.717, 1.165) is 18.1 Å². The number of alkyl halides is 3. The van der Waals surface area contributed by atoms with Crippen LogP contribution in [0.3, 0.4) is 0 Å². The van der Waals surface area contributed by atoms with Gasteiger partial charge in [0.15, 0.2) is 8.32 Å². The lowest BCUT2D eigenvalue weighted by molar-refractivity contribution is -0.159. The van der Waals surface area contributed by atoms with E-state index in [1.165, 1.54) is 0 Å². The predicted octanol–water partition coefficient (Wildman–Crippen LogP) is 8.44. The monoisotopic (exact) mass is 630 g/mol. The summed E-state index contributed by atoms with van der Waals surface area (Å²) in [6.45, 7) is 22.0. The number of ketones is 1. The third-order valence-corrected chi connectivity index (χ3v) is 12.1. The zero-order valence-corrected chi connectivity index (χ0v) is 28.6. The van der Waals surface area contributed by atoms with Crippen LogP contribution in [-0.4, -0.2) is 54.4 Å². The highest BCUT2D eigenvalue weighted by molar-refractivity contribution is 6.73. The van der Waals surface area contributed by atoms with Gasteiger partial charge in [-0.05, 0) is 51.2 Å². The lowest BCUT2D eigenvalue weighted by atomic mass is 9.73. The summed E-state index contributed by atoms with van der Waals surface area (Å²) in [6.07, 6.45) is -0.526. The summed E-state index contributed by atoms with van der Waals surface area (Å²) in [6, 6.07) is 2.55. The molecule has 0 bridgehead atoms. The molecule has 0 aliphatic carbocycles. The van der Waals surface area contributed by atoms with Crippen LogP contribution in [0.2, 0.25) is 18.1 Å². The molecule has 39 heavy (non-hydrogen) atoms. The van der Waals surface area contributed by atoms with Crippen molar-refractivity contribution in [2.24, 2.45) is 17.3 Å². The van der Waals surface area contributed by atoms with E-state index in [2.05, 4.69) is 27.4 Å². The highest BCUT2D eigenvalue weighted by atomic mass is 35.6. The van der Waals surface area contributed by atoms with Gasteiger partial charge in [0.2, 0.25) is 3.79 Å². The molecule has 0 N–H and O–H groups in total. The molecule has 0 heterocycles. The van der Waals surface area contributed by atoms with Gasteiger partial charge in [-0.25, -0.2) is 4.79 Å². The van der Waals surface area contributed by atoms with Crippen LogP contribution < -0.4 is 0 Å². The van der Waals surface area contributed by atoms with Crippen molar-refractivity contribution in [1.82, 2.24) is 0 Å². The molecule has 0 saturated carbocycles. The van der Waals surface area contributed by atoms with E-state index in [-0.39, 0.29) is 18.1 Å². The molecule has 0 unspecified atom stereocenters. The van der Waals surface area contributed by atoms with E-state index in [4.69, 9.17) is 53.4 Å². The largest absolute Gasteiger partial charge is 0.508 e. The number of hydrogen-bond acceptors (Lipinski definition) is 7. The average Bonchev–Trinajstić information content (AvgIpc) is 2.81. The van der Waals surface area contributed by atoms with Crippen LogP contribution in [0, 0.1) is 17.3 Å². The van der Waals surface area contributed by atoms with Gasteiger partial charge in [0, 0.05) is 5.41 Å². The first kappa shape index (κ1) is 38.2. The summed E-state index contributed by atoms with van der Waals surface area (Å²) < 4.78 is 21.1. The maximum atomic E-state index is 14.1. The van der Waals surface area contributed by atoms with Crippen LogP contribution in [-0.2, 0) is 28.2 Å². The molecular formula is C28H49Cl3O7Si. The molecular weight excluding hydrogens is 583 g/mol. The Hall–Kier alpha value is -0.803. The van der Waals surface area contributed by atoms with Crippen molar-refractivity contribution in [3.05, 3.63) is 12.7 Å². The van der Waals surface area contributed by atoms with Crippen molar-refractivity contribution in [1.29, 1.82) is 0 Å². The first-order valence-electron chi connectivity index (χ1n) is 13.6. The Morgan fingerprint density at radius 3 is 1.87 bits per heavy atom. The second-order valence-electron chi connectivity index (χ2n) is 11.8. The van der Waals surface area contributed by atoms with Gasteiger partial charge in [0.1, 0.15) is 24.1 Å². The fraction of sp³-hybridized carbons (Fsp3) is 0.821. The van der Waals surface area contributed by atoms with Crippen molar-refractivity contribution in [3.63, 3.8) is 0 Å². The molecule has 4 atom stereocenters. The Bertz CT molecular complexity index is 809. The van der Waals surface area contributed by atoms with Crippen LogP contribution >= 0.6 is 34.8 Å². The van der Waals surface area contributed by atoms with E-state index in [1.54, 1.807) is 47.6 Å². The molecule has 0 amide bonds. The number of Topliss-reactive ketones (excluding diaryl/α,β-unsaturated/α-hetero) is 1. The maximum Gasteiger partial charge on any atom is 0.508 e. The number of ether oxygens (including phenoxy) is 3. The standard InChI is InChI=1S/C28H49Cl3O7Si/c1-12-16-19(5)23(36-25(34)35-18-28(29,30)31)20(6)24(33)27(10,11)21(17-22(32)37-26(7,8)9)38-39(13-2,14-3)15-4/h12,19-21,23H,1,13-18H2,2-11H3/t19-,20+,21-,23-/m0/s1. The van der Waals surface area contributed by atoms with Crippen LogP contribution in [0.1, 0.15) is 82.1 Å². The summed E-state index contributed by atoms with van der Waals surface area (Å²) in [5.74, 6) is -1.67. The van der Waals surface area contributed by atoms with Crippen molar-refractivity contribution in [2.75, 3.05) is 6.61 Å². The number of hydrogen-bond donors (Lipinski definition) is 0. The van der Waals surface area contributed by atoms with Gasteiger partial charge in [-0.2, -0.15) is 0 Å². The Morgan fingerprint density at radius 2 is 1.46 bits per heavy atom. The zero-order valence-electron chi connectivity index (χ0n) is 25.3. The lowest BCUT2D eigenvalue weighted by Crippen LogP contribution is -2.52. The normalized spacial score (nSPS) is 16.0. The Labute approximate surface area is 251 Å². The molecule has 0 fully saturated rings. The molecule has 0 aromatic heterocycles. The summed E-state index contributed by atoms with van der Waals surface area (Å²) in [4.78, 5) is 39.6. The fourth-order valence-corrected chi connectivity index (χ4v) is 7.71. The van der Waals surface area contributed by atoms with Crippen LogP contribution in [0.25, 0.3) is 0 Å². The smallest absolute Gasteiger partial charge is 0.460 e. The molecule has 0 rings (SSSR count). The number of rotatable bonds is 16. The van der Waals surface area contributed by atoms with Crippen LogP contribution in [0.4, 0.5) is 4.79 Å². The van der Waals surface area contributed by atoms with Gasteiger partial charge in [-0.3, -0.25) is 9.59 Å². The molecule has 7 nitrogen and oxygen atoms in total. The Balaban J connectivity index is 6.28. The van der Waals surface area contributed by atoms with Crippen molar-refractivity contribution < 1.29 is 33.0 Å². The quantitative estimate of drug-likeness (QED) is 0.0731. The molecule has 0 radical (unpaired) electrons. The second-order valence-corrected chi connectivity index (χ2v) is 19.0. The highest BCUT2D eigenvalue weighted by Gasteiger charge is 2.47. The minimum atomic E-state index is -2.23. The van der Waals surface area contributed by atoms with Gasteiger partial charge in [0.25, 0.3) is 0 Å². The number of allylic oxidation sites excluding steroid dienone is 1. The van der Waals surface area contributed by atoms with E-state index in [1.807, 2.05) is 6.92 Å². The van der Waals surface area contributed by atoms with Crippen molar-refractivity contribution in [3.8, 4) is 0 Å². The number of carbonyl (C=O) groups excluding carboxylic acids is 3. The van der Waals surface area contributed by atoms with Gasteiger partial charge in [-0.1, -0.05) is 89.3 Å². The zero-order chi connectivity index (χ0) is 30.8. The van der Waals surface area contributed by atoms with Crippen LogP contribution in [0.5, 0.6) is 0 Å². The predicted molar refractivity (Wildman–Crippen MR) is 161 cm³/mol. The minimum absolute atomic E-state index is 0.0729. The molecule has 228 valence electrons. The Morgan fingerprint density at radius 1 is 0.949 bits per heavy atom. The fourth-order valence-electron chi connectivity index (χ4n) is 4.57. The number of halogens is 3. The average molecular weight is 632 g/mol. The van der Waals surface area contributed by atoms with Crippen LogP contribution in [0.15, 0.2) is 12.7 Å². The van der Waals surface area contributed by atoms with Crippen molar-refractivity contribution in [2.45, 2.75) is 122 Å². The third-order valence-electron chi connectivity index (χ3n) is 7.13. The summed E-state index contributed by atoms with van der Waals surface area (Å²) in [7, 11) is -2.23. The van der Waals surface area contributed by atoms with Gasteiger partial charge < -0.3 is 18.6 Å². The molecule has 0 aromatic rings. The van der Waals surface area contributed by atoms with Gasteiger partial charge in [0.05, 0.1) is 18.4 Å². The molecule has 0 aliphatic heterocycles. The molecule has 0 aromatic carbocycles. The summed E-state index contributed by atoms with van der Waals surface area (Å²) >= 11 is 17.1. The molecule has 0 spiro atoms. The van der Waals surface area contributed by atoms with Gasteiger partial charge >= 0.3 is 12.1 Å². The molecule has 0 saturated heterocycles. The van der Waals surface area contributed by atoms with Gasteiger partial charge in [-0.15, -0.1) is 6.58 Å². The molecule has 0 aliphatic rings. The first-order chi connectivity index (χ1) is 17.7. The topological polar surface area (TPSA) is 88.1 Å². The minimum Gasteiger partial charge on any atom is -0.460 e. The summed E-state index contributed by atoms with van der Waals surface area (Å²) in [5, 5.41) is 0. The summed E-state index contributed by atoms with van der Waals surface area (Å²) in [5.41, 5.74) is -1.78. The van der Waals surface area contributed by atoms with E-state index in [0.29, 0.717) is 6.42 Å².